The van der Waals surface area contributed by atoms with Crippen LogP contribution in [0.25, 0.3) is 0 Å². The van der Waals surface area contributed by atoms with Gasteiger partial charge in [-0.3, -0.25) is 4.90 Å². The highest BCUT2D eigenvalue weighted by Gasteiger charge is 2.43. The first-order chi connectivity index (χ1) is 12.1. The van der Waals surface area contributed by atoms with E-state index < -0.39 is 0 Å². The van der Waals surface area contributed by atoms with E-state index in [2.05, 4.69) is 29.2 Å². The largest absolute Gasteiger partial charge is 0.492 e. The fourth-order valence-electron chi connectivity index (χ4n) is 3.99. The molecular weight excluding hydrogens is 355 g/mol. The number of ether oxygens (including phenoxy) is 1. The Kier molecular flexibility index (Phi) is 4.67. The Bertz CT molecular complexity index is 785. The number of nitrogens with two attached hydrogens (primary N) is 1. The van der Waals surface area contributed by atoms with Gasteiger partial charge in [0.05, 0.1) is 16.7 Å². The molecule has 0 amide bonds. The molecule has 1 spiro atoms. The number of benzene rings is 2. The molecular formula is C20H22Cl2N2O. The zero-order valence-electron chi connectivity index (χ0n) is 14.1. The number of likely N-dealkylation sites (tertiary alicyclic amines) is 1. The predicted octanol–water partition coefficient (Wildman–Crippen LogP) is 4.38. The van der Waals surface area contributed by atoms with Crippen LogP contribution in [0.5, 0.6) is 5.75 Å². The minimum absolute atomic E-state index is 0.147. The molecule has 2 heterocycles. The highest BCUT2D eigenvalue weighted by atomic mass is 35.5. The van der Waals surface area contributed by atoms with Crippen molar-refractivity contribution in [1.29, 1.82) is 0 Å². The molecule has 2 aliphatic heterocycles. The summed E-state index contributed by atoms with van der Waals surface area (Å²) in [5.74, 6) is 1.04. The number of hydrogen-bond donors (Lipinski definition) is 1. The standard InChI is InChI=1S/C20H22Cl2N2O/c21-17-3-1-15(10-18(17)22)12-24-7-5-20(6-8-24)13-25-19-4-2-14(11-23)9-16(19)20/h1-4,9-10H,5-8,11-13,23H2. The van der Waals surface area contributed by atoms with Crippen molar-refractivity contribution in [2.24, 2.45) is 5.73 Å². The number of nitrogens with zero attached hydrogens (tertiary/aromatic N) is 1. The van der Waals surface area contributed by atoms with Crippen LogP contribution < -0.4 is 10.5 Å². The molecule has 0 aromatic heterocycles. The summed E-state index contributed by atoms with van der Waals surface area (Å²) in [7, 11) is 0. The monoisotopic (exact) mass is 376 g/mol. The molecule has 2 N–H and O–H groups in total. The minimum Gasteiger partial charge on any atom is -0.492 e. The van der Waals surface area contributed by atoms with Crippen LogP contribution >= 0.6 is 23.2 Å². The molecule has 3 nitrogen and oxygen atoms in total. The fourth-order valence-corrected chi connectivity index (χ4v) is 4.31. The number of fused-ring (bicyclic) bond motifs is 2. The second kappa shape index (κ2) is 6.81. The third kappa shape index (κ3) is 3.26. The number of rotatable bonds is 3. The molecule has 2 aliphatic rings. The lowest BCUT2D eigenvalue weighted by Crippen LogP contribution is -2.43. The van der Waals surface area contributed by atoms with E-state index in [4.69, 9.17) is 33.7 Å². The van der Waals surface area contributed by atoms with Gasteiger partial charge in [-0.25, -0.2) is 0 Å². The van der Waals surface area contributed by atoms with Crippen LogP contribution in [-0.4, -0.2) is 24.6 Å². The molecule has 2 aromatic rings. The predicted molar refractivity (Wildman–Crippen MR) is 102 cm³/mol. The van der Waals surface area contributed by atoms with Gasteiger partial charge < -0.3 is 10.5 Å². The Labute approximate surface area is 158 Å². The van der Waals surface area contributed by atoms with Gasteiger partial charge in [0.2, 0.25) is 0 Å². The average Bonchev–Trinajstić information content (AvgIpc) is 2.98. The lowest BCUT2D eigenvalue weighted by molar-refractivity contribution is 0.130. The molecule has 0 unspecified atom stereocenters. The quantitative estimate of drug-likeness (QED) is 0.863. The molecule has 0 bridgehead atoms. The Morgan fingerprint density at radius 2 is 1.76 bits per heavy atom. The summed E-state index contributed by atoms with van der Waals surface area (Å²) in [5.41, 5.74) is 9.71. The maximum absolute atomic E-state index is 6.14. The van der Waals surface area contributed by atoms with Gasteiger partial charge in [-0.2, -0.15) is 0 Å². The smallest absolute Gasteiger partial charge is 0.123 e. The first kappa shape index (κ1) is 17.2. The fraction of sp³-hybridized carbons (Fsp3) is 0.400. The molecule has 4 rings (SSSR count). The van der Waals surface area contributed by atoms with Crippen molar-refractivity contribution < 1.29 is 4.74 Å². The molecule has 25 heavy (non-hydrogen) atoms. The molecule has 5 heteroatoms. The van der Waals surface area contributed by atoms with Crippen LogP contribution in [-0.2, 0) is 18.5 Å². The molecule has 0 saturated carbocycles. The van der Waals surface area contributed by atoms with E-state index in [-0.39, 0.29) is 5.41 Å². The molecule has 0 aliphatic carbocycles. The number of hydrogen-bond acceptors (Lipinski definition) is 3. The minimum atomic E-state index is 0.147. The Balaban J connectivity index is 1.46. The van der Waals surface area contributed by atoms with E-state index in [1.807, 2.05) is 12.1 Å². The maximum Gasteiger partial charge on any atom is 0.123 e. The number of piperidine rings is 1. The Hall–Kier alpha value is -1.26. The summed E-state index contributed by atoms with van der Waals surface area (Å²) >= 11 is 12.1. The van der Waals surface area contributed by atoms with Crippen LogP contribution in [0.3, 0.4) is 0 Å². The van der Waals surface area contributed by atoms with Crippen molar-refractivity contribution in [2.45, 2.75) is 31.3 Å². The highest BCUT2D eigenvalue weighted by Crippen LogP contribution is 2.46. The normalized spacial score (nSPS) is 19.0. The third-order valence-corrected chi connectivity index (χ3v) is 6.30. The zero-order chi connectivity index (χ0) is 17.4. The lowest BCUT2D eigenvalue weighted by atomic mass is 9.74. The molecule has 2 aromatic carbocycles. The number of halogens is 2. The summed E-state index contributed by atoms with van der Waals surface area (Å²) in [5, 5.41) is 1.23. The van der Waals surface area contributed by atoms with Crippen LogP contribution in [0.4, 0.5) is 0 Å². The molecule has 132 valence electrons. The summed E-state index contributed by atoms with van der Waals surface area (Å²) < 4.78 is 5.98. The van der Waals surface area contributed by atoms with Gasteiger partial charge in [-0.05, 0) is 55.3 Å². The van der Waals surface area contributed by atoms with Crippen molar-refractivity contribution in [3.05, 3.63) is 63.1 Å². The lowest BCUT2D eigenvalue weighted by Gasteiger charge is -2.38. The molecule has 1 saturated heterocycles. The van der Waals surface area contributed by atoms with Crippen molar-refractivity contribution >= 4 is 23.2 Å². The second-order valence-electron chi connectivity index (χ2n) is 7.13. The summed E-state index contributed by atoms with van der Waals surface area (Å²) in [4.78, 5) is 2.48. The van der Waals surface area contributed by atoms with E-state index in [1.54, 1.807) is 0 Å². The summed E-state index contributed by atoms with van der Waals surface area (Å²) in [6.45, 7) is 4.37. The molecule has 0 radical (unpaired) electrons. The van der Waals surface area contributed by atoms with Crippen molar-refractivity contribution in [3.63, 3.8) is 0 Å². The molecule has 1 fully saturated rings. The zero-order valence-corrected chi connectivity index (χ0v) is 15.6. The highest BCUT2D eigenvalue weighted by molar-refractivity contribution is 6.42. The second-order valence-corrected chi connectivity index (χ2v) is 7.94. The Morgan fingerprint density at radius 1 is 1.00 bits per heavy atom. The van der Waals surface area contributed by atoms with Crippen LogP contribution in [0.15, 0.2) is 36.4 Å². The van der Waals surface area contributed by atoms with E-state index >= 15 is 0 Å². The average molecular weight is 377 g/mol. The topological polar surface area (TPSA) is 38.5 Å². The van der Waals surface area contributed by atoms with E-state index in [0.29, 0.717) is 16.6 Å². The van der Waals surface area contributed by atoms with Gasteiger partial charge in [-0.15, -0.1) is 0 Å². The van der Waals surface area contributed by atoms with Crippen LogP contribution in [0.1, 0.15) is 29.5 Å². The first-order valence-corrected chi connectivity index (χ1v) is 9.48. The first-order valence-electron chi connectivity index (χ1n) is 8.72. The van der Waals surface area contributed by atoms with Crippen molar-refractivity contribution in [3.8, 4) is 5.75 Å². The van der Waals surface area contributed by atoms with Gasteiger partial charge in [-0.1, -0.05) is 41.4 Å². The van der Waals surface area contributed by atoms with Crippen LogP contribution in [0, 0.1) is 0 Å². The van der Waals surface area contributed by atoms with Crippen LogP contribution in [0.2, 0.25) is 10.0 Å². The van der Waals surface area contributed by atoms with Gasteiger partial charge in [0, 0.05) is 24.1 Å². The van der Waals surface area contributed by atoms with Gasteiger partial charge in [0.15, 0.2) is 0 Å². The Morgan fingerprint density at radius 3 is 2.48 bits per heavy atom. The van der Waals surface area contributed by atoms with Gasteiger partial charge in [0.25, 0.3) is 0 Å². The third-order valence-electron chi connectivity index (χ3n) is 5.56. The van der Waals surface area contributed by atoms with Gasteiger partial charge in [0.1, 0.15) is 5.75 Å². The summed E-state index contributed by atoms with van der Waals surface area (Å²) in [6.07, 6.45) is 2.21. The van der Waals surface area contributed by atoms with Crippen molar-refractivity contribution in [1.82, 2.24) is 4.90 Å². The summed E-state index contributed by atoms with van der Waals surface area (Å²) in [6, 6.07) is 12.3. The van der Waals surface area contributed by atoms with Gasteiger partial charge >= 0.3 is 0 Å². The molecule has 0 atom stereocenters. The maximum atomic E-state index is 6.14. The SMILES string of the molecule is NCc1ccc2c(c1)C1(CCN(Cc3ccc(Cl)c(Cl)c3)CC1)CO2. The van der Waals surface area contributed by atoms with E-state index in [9.17, 15) is 0 Å². The van der Waals surface area contributed by atoms with Crippen molar-refractivity contribution in [2.75, 3.05) is 19.7 Å². The van der Waals surface area contributed by atoms with E-state index in [1.165, 1.54) is 16.7 Å². The van der Waals surface area contributed by atoms with E-state index in [0.717, 1.165) is 44.8 Å².